The molecule has 2 N–H and O–H groups in total. The van der Waals surface area contributed by atoms with Crippen LogP contribution in [0.25, 0.3) is 0 Å². The van der Waals surface area contributed by atoms with Crippen molar-refractivity contribution in [3.05, 3.63) is 29.8 Å². The third-order valence-electron chi connectivity index (χ3n) is 2.92. The number of anilines is 1. The Bertz CT molecular complexity index is 375. The van der Waals surface area contributed by atoms with Gasteiger partial charge in [0.05, 0.1) is 6.10 Å². The first-order valence-electron chi connectivity index (χ1n) is 5.38. The number of ether oxygens (including phenoxy) is 1. The van der Waals surface area contributed by atoms with E-state index in [4.69, 9.17) is 10.5 Å². The molecule has 4 nitrogen and oxygen atoms in total. The summed E-state index contributed by atoms with van der Waals surface area (Å²) in [5, 5.41) is 0. The standard InChI is InChI=1S/C12H16N2O2/c1-16-11-6-7-14(8-11)12(15)9-2-4-10(13)5-3-9/h2-5,11H,6-8,13H2,1H3/t11-/m0/s1. The van der Waals surface area contributed by atoms with Crippen LogP contribution in [0, 0.1) is 0 Å². The predicted molar refractivity (Wildman–Crippen MR) is 62.2 cm³/mol. The highest BCUT2D eigenvalue weighted by Gasteiger charge is 2.26. The summed E-state index contributed by atoms with van der Waals surface area (Å²) in [6, 6.07) is 7.02. The zero-order valence-electron chi connectivity index (χ0n) is 9.35. The van der Waals surface area contributed by atoms with E-state index in [1.807, 2.05) is 4.90 Å². The van der Waals surface area contributed by atoms with Crippen molar-refractivity contribution >= 4 is 11.6 Å². The van der Waals surface area contributed by atoms with Crippen molar-refractivity contribution in [3.8, 4) is 0 Å². The molecular formula is C12H16N2O2. The van der Waals surface area contributed by atoms with Gasteiger partial charge in [-0.2, -0.15) is 0 Å². The highest BCUT2D eigenvalue weighted by molar-refractivity contribution is 5.94. The summed E-state index contributed by atoms with van der Waals surface area (Å²) in [6.07, 6.45) is 1.09. The van der Waals surface area contributed by atoms with Crippen molar-refractivity contribution in [2.45, 2.75) is 12.5 Å². The zero-order chi connectivity index (χ0) is 11.5. The Morgan fingerprint density at radius 3 is 2.69 bits per heavy atom. The number of likely N-dealkylation sites (tertiary alicyclic amines) is 1. The molecule has 0 saturated carbocycles. The number of carbonyl (C=O) groups is 1. The second kappa shape index (κ2) is 4.53. The minimum absolute atomic E-state index is 0.0551. The fraction of sp³-hybridized carbons (Fsp3) is 0.417. The molecule has 0 spiro atoms. The van der Waals surface area contributed by atoms with Crippen molar-refractivity contribution in [2.24, 2.45) is 0 Å². The van der Waals surface area contributed by atoms with Crippen LogP contribution in [0.4, 0.5) is 5.69 Å². The van der Waals surface area contributed by atoms with Gasteiger partial charge in [-0.15, -0.1) is 0 Å². The molecule has 86 valence electrons. The van der Waals surface area contributed by atoms with Gasteiger partial charge in [0.25, 0.3) is 5.91 Å². The lowest BCUT2D eigenvalue weighted by atomic mass is 10.2. The number of hydrogen-bond donors (Lipinski definition) is 1. The Morgan fingerprint density at radius 2 is 2.12 bits per heavy atom. The quantitative estimate of drug-likeness (QED) is 0.760. The first kappa shape index (κ1) is 11.0. The number of rotatable bonds is 2. The Labute approximate surface area is 95.0 Å². The molecule has 1 aromatic carbocycles. The van der Waals surface area contributed by atoms with Gasteiger partial charge in [0, 0.05) is 31.5 Å². The van der Waals surface area contributed by atoms with E-state index in [1.54, 1.807) is 31.4 Å². The van der Waals surface area contributed by atoms with Gasteiger partial charge in [-0.25, -0.2) is 0 Å². The lowest BCUT2D eigenvalue weighted by molar-refractivity contribution is 0.0724. The van der Waals surface area contributed by atoms with Gasteiger partial charge >= 0.3 is 0 Å². The van der Waals surface area contributed by atoms with E-state index in [0.29, 0.717) is 17.8 Å². The van der Waals surface area contributed by atoms with Crippen LogP contribution >= 0.6 is 0 Å². The Morgan fingerprint density at radius 1 is 1.44 bits per heavy atom. The molecule has 16 heavy (non-hydrogen) atoms. The number of amides is 1. The monoisotopic (exact) mass is 220 g/mol. The van der Waals surface area contributed by atoms with Crippen LogP contribution in [-0.2, 0) is 4.74 Å². The summed E-state index contributed by atoms with van der Waals surface area (Å²) in [6.45, 7) is 1.45. The van der Waals surface area contributed by atoms with Crippen molar-refractivity contribution in [1.82, 2.24) is 4.90 Å². The molecule has 0 unspecified atom stereocenters. The number of nitrogen functional groups attached to an aromatic ring is 1. The van der Waals surface area contributed by atoms with Crippen molar-refractivity contribution in [2.75, 3.05) is 25.9 Å². The maximum atomic E-state index is 12.0. The van der Waals surface area contributed by atoms with Gasteiger partial charge in [0.2, 0.25) is 0 Å². The van der Waals surface area contributed by atoms with Crippen molar-refractivity contribution in [3.63, 3.8) is 0 Å². The van der Waals surface area contributed by atoms with E-state index < -0.39 is 0 Å². The number of hydrogen-bond acceptors (Lipinski definition) is 3. The van der Waals surface area contributed by atoms with E-state index >= 15 is 0 Å². The van der Waals surface area contributed by atoms with Gasteiger partial charge in [0.1, 0.15) is 0 Å². The van der Waals surface area contributed by atoms with Crippen LogP contribution in [-0.4, -0.2) is 37.1 Å². The fourth-order valence-electron chi connectivity index (χ4n) is 1.91. The maximum Gasteiger partial charge on any atom is 0.253 e. The zero-order valence-corrected chi connectivity index (χ0v) is 9.35. The summed E-state index contributed by atoms with van der Waals surface area (Å²) in [4.78, 5) is 13.9. The van der Waals surface area contributed by atoms with E-state index in [0.717, 1.165) is 13.0 Å². The predicted octanol–water partition coefficient (Wildman–Crippen LogP) is 1.13. The highest BCUT2D eigenvalue weighted by Crippen LogP contribution is 2.16. The van der Waals surface area contributed by atoms with E-state index in [1.165, 1.54) is 0 Å². The van der Waals surface area contributed by atoms with E-state index in [9.17, 15) is 4.79 Å². The van der Waals surface area contributed by atoms with Crippen LogP contribution in [0.5, 0.6) is 0 Å². The highest BCUT2D eigenvalue weighted by atomic mass is 16.5. The molecule has 1 aromatic rings. The third-order valence-corrected chi connectivity index (χ3v) is 2.92. The molecule has 0 aliphatic carbocycles. The number of methoxy groups -OCH3 is 1. The maximum absolute atomic E-state index is 12.0. The van der Waals surface area contributed by atoms with Gasteiger partial charge in [-0.1, -0.05) is 0 Å². The Balaban J connectivity index is 2.05. The number of benzene rings is 1. The number of nitrogens with two attached hydrogens (primary N) is 1. The molecule has 4 heteroatoms. The summed E-state index contributed by atoms with van der Waals surface area (Å²) in [7, 11) is 1.68. The molecule has 0 radical (unpaired) electrons. The van der Waals surface area contributed by atoms with Gasteiger partial charge in [-0.05, 0) is 30.7 Å². The van der Waals surface area contributed by atoms with Crippen LogP contribution in [0.3, 0.4) is 0 Å². The Kier molecular flexibility index (Phi) is 3.10. The van der Waals surface area contributed by atoms with Crippen molar-refractivity contribution < 1.29 is 9.53 Å². The lowest BCUT2D eigenvalue weighted by Gasteiger charge is -2.16. The molecule has 1 aliphatic rings. The molecule has 1 fully saturated rings. The summed E-state index contributed by atoms with van der Waals surface area (Å²) < 4.78 is 5.23. The normalized spacial score (nSPS) is 20.1. The molecule has 0 bridgehead atoms. The minimum atomic E-state index is 0.0551. The molecule has 1 heterocycles. The average Bonchev–Trinajstić information content (AvgIpc) is 2.77. The lowest BCUT2D eigenvalue weighted by Crippen LogP contribution is -2.29. The summed E-state index contributed by atoms with van der Waals surface area (Å²) >= 11 is 0. The molecule has 1 saturated heterocycles. The van der Waals surface area contributed by atoms with Crippen LogP contribution in [0.1, 0.15) is 16.8 Å². The largest absolute Gasteiger partial charge is 0.399 e. The molecule has 1 amide bonds. The molecule has 1 aliphatic heterocycles. The van der Waals surface area contributed by atoms with Crippen LogP contribution in [0.2, 0.25) is 0 Å². The minimum Gasteiger partial charge on any atom is -0.399 e. The smallest absolute Gasteiger partial charge is 0.253 e. The summed E-state index contributed by atoms with van der Waals surface area (Å²) in [5.41, 5.74) is 6.94. The van der Waals surface area contributed by atoms with Gasteiger partial charge in [0.15, 0.2) is 0 Å². The second-order valence-corrected chi connectivity index (χ2v) is 4.02. The first-order valence-corrected chi connectivity index (χ1v) is 5.38. The second-order valence-electron chi connectivity index (χ2n) is 4.02. The van der Waals surface area contributed by atoms with Crippen LogP contribution < -0.4 is 5.73 Å². The van der Waals surface area contributed by atoms with E-state index in [2.05, 4.69) is 0 Å². The topological polar surface area (TPSA) is 55.6 Å². The van der Waals surface area contributed by atoms with Gasteiger partial charge < -0.3 is 15.4 Å². The Hall–Kier alpha value is -1.55. The molecular weight excluding hydrogens is 204 g/mol. The molecule has 0 aromatic heterocycles. The molecule has 1 atom stereocenters. The molecule has 2 rings (SSSR count). The number of nitrogens with zero attached hydrogens (tertiary/aromatic N) is 1. The van der Waals surface area contributed by atoms with Crippen molar-refractivity contribution in [1.29, 1.82) is 0 Å². The third kappa shape index (κ3) is 2.17. The average molecular weight is 220 g/mol. The van der Waals surface area contributed by atoms with E-state index in [-0.39, 0.29) is 12.0 Å². The fourth-order valence-corrected chi connectivity index (χ4v) is 1.91. The SMILES string of the molecule is CO[C@H]1CCN(C(=O)c2ccc(N)cc2)C1. The summed E-state index contributed by atoms with van der Waals surface area (Å²) in [5.74, 6) is 0.0551. The van der Waals surface area contributed by atoms with Crippen LogP contribution in [0.15, 0.2) is 24.3 Å². The number of carbonyl (C=O) groups excluding carboxylic acids is 1. The first-order chi connectivity index (χ1) is 7.70. The van der Waals surface area contributed by atoms with Gasteiger partial charge in [-0.3, -0.25) is 4.79 Å².